The molecule has 0 aromatic heterocycles. The molecule has 0 heteroatoms. The van der Waals surface area contributed by atoms with E-state index in [1.54, 1.807) is 0 Å². The first-order valence-corrected chi connectivity index (χ1v) is 27.2. The van der Waals surface area contributed by atoms with Crippen molar-refractivity contribution in [3.8, 4) is 33.4 Å². The zero-order valence-corrected chi connectivity index (χ0v) is 45.4. The van der Waals surface area contributed by atoms with Crippen molar-refractivity contribution in [1.29, 1.82) is 0 Å². The van der Waals surface area contributed by atoms with Crippen molar-refractivity contribution in [3.63, 3.8) is 0 Å². The second kappa shape index (κ2) is 12.9. The molecular weight excluding hydrogens is 865 g/mol. The lowest BCUT2D eigenvalue weighted by Gasteiger charge is -2.37. The normalized spacial score (nSPS) is 18.8. The van der Waals surface area contributed by atoms with E-state index in [4.69, 9.17) is 0 Å². The maximum Gasteiger partial charge on any atom is 0.0159 e. The molecule has 0 nitrogen and oxygen atoms in total. The SMILES string of the molecule is Cc1cc2c3c4c(cccc14)C(C)(C)c1cc(CC(Cc4cc5c6c(c4)C(C)(C)c4cccc7c(C)cc(c-6c47)C5(C)C)c4cc5c6c(c4)C(C)(C)c4cccc7c(C)cc(c-6c47)C5(C)C)cc(c1-3)C2(C)C. The fourth-order valence-electron chi connectivity index (χ4n) is 16.8. The first kappa shape index (κ1) is 43.4. The Morgan fingerprint density at radius 3 is 0.833 bits per heavy atom. The summed E-state index contributed by atoms with van der Waals surface area (Å²) < 4.78 is 0. The molecule has 0 unspecified atom stereocenters. The molecule has 72 heavy (non-hydrogen) atoms. The summed E-state index contributed by atoms with van der Waals surface area (Å²) in [4.78, 5) is 0. The Hall–Kier alpha value is -6.24. The molecule has 0 aliphatic heterocycles. The van der Waals surface area contributed by atoms with Crippen LogP contribution >= 0.6 is 0 Å². The Kier molecular flexibility index (Phi) is 7.78. The third-order valence-electron chi connectivity index (χ3n) is 20.9. The van der Waals surface area contributed by atoms with Gasteiger partial charge in [0.1, 0.15) is 0 Å². The molecule has 0 saturated carbocycles. The lowest BCUT2D eigenvalue weighted by atomic mass is 9.66. The van der Waals surface area contributed by atoms with E-state index in [2.05, 4.69) is 213 Å². The quantitative estimate of drug-likeness (QED) is 0.161. The molecule has 0 atom stereocenters. The highest BCUT2D eigenvalue weighted by Crippen LogP contribution is 2.64. The van der Waals surface area contributed by atoms with Gasteiger partial charge in [-0.2, -0.15) is 0 Å². The van der Waals surface area contributed by atoms with E-state index in [0.717, 1.165) is 12.8 Å². The number of aryl methyl sites for hydroxylation is 3. The fraction of sp³-hybridized carbons (Fsp3) is 0.333. The third-order valence-corrected chi connectivity index (χ3v) is 20.9. The first-order chi connectivity index (χ1) is 34.0. The van der Waals surface area contributed by atoms with Gasteiger partial charge in [-0.3, -0.25) is 0 Å². The summed E-state index contributed by atoms with van der Waals surface area (Å²) in [6.45, 7) is 37.1. The lowest BCUT2D eigenvalue weighted by Crippen LogP contribution is -2.26. The zero-order chi connectivity index (χ0) is 50.0. The maximum atomic E-state index is 2.71. The van der Waals surface area contributed by atoms with E-state index >= 15 is 0 Å². The molecule has 6 aliphatic carbocycles. The van der Waals surface area contributed by atoms with Crippen molar-refractivity contribution in [2.45, 2.75) is 155 Å². The predicted octanol–water partition coefficient (Wildman–Crippen LogP) is 18.5. The molecule has 0 saturated heterocycles. The van der Waals surface area contributed by atoms with Crippen LogP contribution < -0.4 is 0 Å². The van der Waals surface area contributed by atoms with E-state index in [0.29, 0.717) is 0 Å². The van der Waals surface area contributed by atoms with Crippen LogP contribution in [0.1, 0.15) is 189 Å². The molecule has 15 rings (SSSR count). The molecular formula is C72H68. The number of benzene rings is 9. The van der Waals surface area contributed by atoms with Gasteiger partial charge in [0.15, 0.2) is 0 Å². The van der Waals surface area contributed by atoms with Crippen LogP contribution in [0.3, 0.4) is 0 Å². The smallest absolute Gasteiger partial charge is 0.0159 e. The molecule has 9 aromatic rings. The second-order valence-electron chi connectivity index (χ2n) is 27.0. The summed E-state index contributed by atoms with van der Waals surface area (Å²) in [6.07, 6.45) is 1.93. The van der Waals surface area contributed by atoms with Crippen molar-refractivity contribution in [1.82, 2.24) is 0 Å². The van der Waals surface area contributed by atoms with Crippen molar-refractivity contribution in [2.24, 2.45) is 0 Å². The van der Waals surface area contributed by atoms with Crippen molar-refractivity contribution >= 4 is 32.3 Å². The van der Waals surface area contributed by atoms with E-state index < -0.39 is 0 Å². The third kappa shape index (κ3) is 4.84. The summed E-state index contributed by atoms with van der Waals surface area (Å²) >= 11 is 0. The van der Waals surface area contributed by atoms with Crippen LogP contribution in [0.2, 0.25) is 0 Å². The van der Waals surface area contributed by atoms with Gasteiger partial charge in [-0.1, -0.05) is 192 Å². The number of hydrogen-bond donors (Lipinski definition) is 0. The standard InChI is InChI=1S/C72H68/c1-36-25-49-64-58-43(36)19-16-22-46(58)67(4,5)52-30-39(32-54(61(52)64)70(49,10)11)28-41(42-34-56-63-57(35-42)72(14,15)51-27-38(3)45-21-18-24-48(69(56,8)9)60(45)66(51)63)29-40-31-53-62-55(33-40)71(12,13)50-26-37(2)44-20-17-23-47(68(53,6)7)59(44)65(50)62/h16-27,30-35,41H,28-29H2,1-15H3. The Balaban J connectivity index is 0.969. The van der Waals surface area contributed by atoms with E-state index in [-0.39, 0.29) is 38.4 Å². The van der Waals surface area contributed by atoms with Crippen LogP contribution in [0.5, 0.6) is 0 Å². The highest BCUT2D eigenvalue weighted by atomic mass is 14.5. The van der Waals surface area contributed by atoms with E-state index in [9.17, 15) is 0 Å². The van der Waals surface area contributed by atoms with Gasteiger partial charge in [-0.15, -0.1) is 0 Å². The van der Waals surface area contributed by atoms with Crippen molar-refractivity contribution < 1.29 is 0 Å². The monoisotopic (exact) mass is 933 g/mol. The highest BCUT2D eigenvalue weighted by molar-refractivity contribution is 6.12. The van der Waals surface area contributed by atoms with Gasteiger partial charge in [-0.05, 0) is 205 Å². The van der Waals surface area contributed by atoms with Crippen molar-refractivity contribution in [3.05, 3.63) is 209 Å². The van der Waals surface area contributed by atoms with Crippen LogP contribution in [0.4, 0.5) is 0 Å². The van der Waals surface area contributed by atoms with Gasteiger partial charge >= 0.3 is 0 Å². The molecule has 0 heterocycles. The summed E-state index contributed by atoms with van der Waals surface area (Å²) in [6, 6.07) is 45.1. The van der Waals surface area contributed by atoms with Gasteiger partial charge in [0.05, 0.1) is 0 Å². The van der Waals surface area contributed by atoms with Gasteiger partial charge in [0, 0.05) is 32.5 Å². The Labute approximate surface area is 427 Å². The molecule has 0 fully saturated rings. The van der Waals surface area contributed by atoms with E-state index in [1.807, 2.05) is 0 Å². The Morgan fingerprint density at radius 2 is 0.542 bits per heavy atom. The van der Waals surface area contributed by atoms with E-state index in [1.165, 1.54) is 166 Å². The van der Waals surface area contributed by atoms with Crippen LogP contribution in [0, 0.1) is 20.8 Å². The minimum absolute atomic E-state index is 0.110. The minimum Gasteiger partial charge on any atom is -0.0613 e. The molecule has 0 amide bonds. The largest absolute Gasteiger partial charge is 0.0613 e. The van der Waals surface area contributed by atoms with Crippen LogP contribution in [0.15, 0.2) is 109 Å². The topological polar surface area (TPSA) is 0 Å². The molecule has 0 bridgehead atoms. The zero-order valence-electron chi connectivity index (χ0n) is 45.4. The fourth-order valence-corrected chi connectivity index (χ4v) is 16.8. The number of rotatable bonds is 5. The lowest BCUT2D eigenvalue weighted by molar-refractivity contribution is 0.614. The summed E-state index contributed by atoms with van der Waals surface area (Å²) in [5, 5.41) is 8.70. The highest BCUT2D eigenvalue weighted by Gasteiger charge is 2.49. The summed E-state index contributed by atoms with van der Waals surface area (Å²) in [5.74, 6) is 0.232. The molecule has 0 N–H and O–H groups in total. The Morgan fingerprint density at radius 1 is 0.292 bits per heavy atom. The van der Waals surface area contributed by atoms with Gasteiger partial charge in [0.25, 0.3) is 0 Å². The average Bonchev–Trinajstić information content (AvgIpc) is 3.80. The molecule has 9 aromatic carbocycles. The van der Waals surface area contributed by atoms with Crippen molar-refractivity contribution in [2.75, 3.05) is 0 Å². The summed E-state index contributed by atoms with van der Waals surface area (Å²) in [5.41, 5.74) is 34.8. The maximum absolute atomic E-state index is 2.71. The van der Waals surface area contributed by atoms with Gasteiger partial charge < -0.3 is 0 Å². The predicted molar refractivity (Wildman–Crippen MR) is 305 cm³/mol. The summed E-state index contributed by atoms with van der Waals surface area (Å²) in [7, 11) is 0. The average molecular weight is 933 g/mol. The van der Waals surface area contributed by atoms with Crippen LogP contribution in [0.25, 0.3) is 65.7 Å². The molecule has 356 valence electrons. The van der Waals surface area contributed by atoms with Gasteiger partial charge in [-0.25, -0.2) is 0 Å². The Bertz CT molecular complexity index is 3930. The minimum atomic E-state index is -0.161. The molecule has 6 aliphatic rings. The second-order valence-corrected chi connectivity index (χ2v) is 27.0. The van der Waals surface area contributed by atoms with Crippen LogP contribution in [-0.4, -0.2) is 0 Å². The number of hydrogen-bond acceptors (Lipinski definition) is 0. The molecule has 0 radical (unpaired) electrons. The molecule has 0 spiro atoms. The first-order valence-electron chi connectivity index (χ1n) is 27.2. The van der Waals surface area contributed by atoms with Gasteiger partial charge in [0.2, 0.25) is 0 Å². The van der Waals surface area contributed by atoms with Crippen LogP contribution in [-0.2, 0) is 45.3 Å².